The molecular formula is C79H136O17P2. The number of carbonyl (C=O) groups is 4. The molecule has 0 heterocycles. The van der Waals surface area contributed by atoms with E-state index in [2.05, 4.69) is 137 Å². The van der Waals surface area contributed by atoms with Gasteiger partial charge in [-0.05, 0) is 122 Å². The standard InChI is InChI=1S/C79H136O17P2/c1-5-9-13-17-21-25-29-32-34-36-38-41-44-47-51-55-59-63-76(81)89-69-74(95-78(83)65-61-57-53-49-43-28-24-20-16-12-8-4)71-93-97(85,86)91-67-73(80)68-92-98(87,88)94-72-75(96-79(84)66-62-58-54-50-46-40-31-27-23-19-15-11-7-3)70-90-77(82)64-60-56-52-48-45-42-39-37-35-33-30-26-22-18-14-10-6-2/h9-10,13-15,19,21-22,25-27,31-35,38,41,73-75,80H,5-8,11-12,16-18,20,23-24,28-30,36-37,39-40,42-72H2,1-4H3,(H,85,86)(H,87,88)/b13-9-,14-10-,19-15-,25-21-,26-22-,31-27-,34-32-,35-33-,41-38-. The summed E-state index contributed by atoms with van der Waals surface area (Å²) in [6.45, 7) is 4.54. The molecule has 0 saturated carbocycles. The fourth-order valence-electron chi connectivity index (χ4n) is 9.97. The normalized spacial score (nSPS) is 14.6. The molecule has 19 heteroatoms. The first kappa shape index (κ1) is 93.7. The van der Waals surface area contributed by atoms with Crippen molar-refractivity contribution < 1.29 is 80.2 Å². The van der Waals surface area contributed by atoms with Crippen LogP contribution in [0.1, 0.15) is 310 Å². The molecule has 0 spiro atoms. The van der Waals surface area contributed by atoms with Gasteiger partial charge in [0.1, 0.15) is 19.3 Å². The number of hydrogen-bond donors (Lipinski definition) is 3. The predicted molar refractivity (Wildman–Crippen MR) is 399 cm³/mol. The minimum absolute atomic E-state index is 0.0755. The van der Waals surface area contributed by atoms with E-state index in [9.17, 15) is 43.2 Å². The highest BCUT2D eigenvalue weighted by Crippen LogP contribution is 2.45. The Bertz CT molecular complexity index is 2290. The molecule has 0 rings (SSSR count). The summed E-state index contributed by atoms with van der Waals surface area (Å²) in [5.74, 6) is -2.22. The Labute approximate surface area is 594 Å². The number of hydrogen-bond acceptors (Lipinski definition) is 15. The third-order valence-corrected chi connectivity index (χ3v) is 17.6. The second-order valence-electron chi connectivity index (χ2n) is 25.2. The molecule has 0 bridgehead atoms. The van der Waals surface area contributed by atoms with Crippen LogP contribution < -0.4 is 0 Å². The van der Waals surface area contributed by atoms with Crippen LogP contribution in [0.15, 0.2) is 109 Å². The van der Waals surface area contributed by atoms with E-state index in [0.29, 0.717) is 25.7 Å². The number of carbonyl (C=O) groups excluding carboxylic acids is 4. The second-order valence-corrected chi connectivity index (χ2v) is 28.1. The molecule has 0 amide bonds. The topological polar surface area (TPSA) is 237 Å². The number of unbranched alkanes of at least 4 members (excludes halogenated alkanes) is 27. The van der Waals surface area contributed by atoms with Crippen molar-refractivity contribution in [1.82, 2.24) is 0 Å². The summed E-state index contributed by atoms with van der Waals surface area (Å²) in [5.41, 5.74) is 0. The number of esters is 4. The number of phosphoric acid groups is 2. The molecule has 0 saturated heterocycles. The fourth-order valence-corrected chi connectivity index (χ4v) is 11.5. The summed E-state index contributed by atoms with van der Waals surface area (Å²) < 4.78 is 68.4. The van der Waals surface area contributed by atoms with E-state index in [4.69, 9.17) is 37.0 Å². The van der Waals surface area contributed by atoms with Gasteiger partial charge in [-0.2, -0.15) is 0 Å². The van der Waals surface area contributed by atoms with Gasteiger partial charge in [-0.25, -0.2) is 9.13 Å². The molecule has 98 heavy (non-hydrogen) atoms. The van der Waals surface area contributed by atoms with Crippen LogP contribution in [-0.2, 0) is 65.4 Å². The molecule has 0 aromatic carbocycles. The molecule has 0 radical (unpaired) electrons. The van der Waals surface area contributed by atoms with E-state index >= 15 is 0 Å². The summed E-state index contributed by atoms with van der Waals surface area (Å²) in [4.78, 5) is 72.8. The number of phosphoric ester groups is 2. The Morgan fingerprint density at radius 3 is 0.857 bits per heavy atom. The number of aliphatic hydroxyl groups is 1. The lowest BCUT2D eigenvalue weighted by Gasteiger charge is -2.21. The Morgan fingerprint density at radius 2 is 0.551 bits per heavy atom. The van der Waals surface area contributed by atoms with Crippen molar-refractivity contribution in [3.63, 3.8) is 0 Å². The minimum atomic E-state index is -4.98. The zero-order valence-electron chi connectivity index (χ0n) is 61.4. The molecule has 0 fully saturated rings. The van der Waals surface area contributed by atoms with E-state index in [1.807, 2.05) is 0 Å². The van der Waals surface area contributed by atoms with Crippen LogP contribution >= 0.6 is 15.6 Å². The third-order valence-electron chi connectivity index (χ3n) is 15.7. The molecule has 3 N–H and O–H groups in total. The maximum Gasteiger partial charge on any atom is 0.472 e. The van der Waals surface area contributed by atoms with Gasteiger partial charge >= 0.3 is 39.5 Å². The first-order valence-electron chi connectivity index (χ1n) is 38.1. The van der Waals surface area contributed by atoms with Crippen LogP contribution in [0.25, 0.3) is 0 Å². The molecule has 0 aliphatic rings. The molecule has 0 aliphatic carbocycles. The van der Waals surface area contributed by atoms with Crippen LogP contribution in [0.5, 0.6) is 0 Å². The number of aliphatic hydroxyl groups excluding tert-OH is 1. The van der Waals surface area contributed by atoms with Crippen molar-refractivity contribution in [2.75, 3.05) is 39.6 Å². The van der Waals surface area contributed by atoms with Crippen LogP contribution in [-0.4, -0.2) is 96.7 Å². The van der Waals surface area contributed by atoms with E-state index in [0.717, 1.165) is 193 Å². The lowest BCUT2D eigenvalue weighted by Crippen LogP contribution is -2.30. The predicted octanol–water partition coefficient (Wildman–Crippen LogP) is 21.8. The SMILES string of the molecule is CC/C=C\C/C=C\C/C=C\C/C=C\CCCCCCC(=O)OCC(COP(=O)(O)OCC(O)COP(=O)(O)OCC(COC(=O)CCCCCCCCC/C=C\C/C=C\C/C=C\CC)OC(=O)CCCCCCC/C=C\C/C=C\CCC)OC(=O)CCCCCCCCCCCCC. The van der Waals surface area contributed by atoms with E-state index < -0.39 is 97.5 Å². The van der Waals surface area contributed by atoms with Crippen molar-refractivity contribution in [3.05, 3.63) is 109 Å². The van der Waals surface area contributed by atoms with Crippen molar-refractivity contribution >= 4 is 39.5 Å². The lowest BCUT2D eigenvalue weighted by atomic mass is 10.1. The minimum Gasteiger partial charge on any atom is -0.462 e. The molecular weight excluding hydrogens is 1280 g/mol. The summed E-state index contributed by atoms with van der Waals surface area (Å²) in [6.07, 6.45) is 75.1. The second kappa shape index (κ2) is 71.1. The van der Waals surface area contributed by atoms with Gasteiger partial charge in [0.15, 0.2) is 12.2 Å². The summed E-state index contributed by atoms with van der Waals surface area (Å²) in [6, 6.07) is 0. The molecule has 5 atom stereocenters. The smallest absolute Gasteiger partial charge is 0.462 e. The van der Waals surface area contributed by atoms with Gasteiger partial charge in [-0.1, -0.05) is 272 Å². The lowest BCUT2D eigenvalue weighted by molar-refractivity contribution is -0.161. The Kier molecular flexibility index (Phi) is 68.0. The average molecular weight is 1420 g/mol. The van der Waals surface area contributed by atoms with Gasteiger partial charge in [0.25, 0.3) is 0 Å². The van der Waals surface area contributed by atoms with Gasteiger partial charge in [0.05, 0.1) is 26.4 Å². The highest BCUT2D eigenvalue weighted by Gasteiger charge is 2.30. The zero-order valence-corrected chi connectivity index (χ0v) is 63.2. The molecule has 564 valence electrons. The fraction of sp³-hybridized carbons (Fsp3) is 0.722. The van der Waals surface area contributed by atoms with Gasteiger partial charge in [0, 0.05) is 25.7 Å². The van der Waals surface area contributed by atoms with Crippen molar-refractivity contribution in [1.29, 1.82) is 0 Å². The number of allylic oxidation sites excluding steroid dienone is 18. The van der Waals surface area contributed by atoms with Gasteiger partial charge in [-0.3, -0.25) is 37.3 Å². The Morgan fingerprint density at radius 1 is 0.296 bits per heavy atom. The maximum absolute atomic E-state index is 13.1. The molecule has 0 aromatic rings. The van der Waals surface area contributed by atoms with Gasteiger partial charge < -0.3 is 33.8 Å². The summed E-state index contributed by atoms with van der Waals surface area (Å²) in [7, 11) is -9.96. The van der Waals surface area contributed by atoms with E-state index in [1.54, 1.807) is 0 Å². The van der Waals surface area contributed by atoms with Crippen LogP contribution in [0.4, 0.5) is 0 Å². The first-order valence-corrected chi connectivity index (χ1v) is 41.1. The maximum atomic E-state index is 13.1. The highest BCUT2D eigenvalue weighted by atomic mass is 31.2. The number of ether oxygens (including phenoxy) is 4. The quantitative estimate of drug-likeness (QED) is 0.0169. The van der Waals surface area contributed by atoms with Gasteiger partial charge in [-0.15, -0.1) is 0 Å². The van der Waals surface area contributed by atoms with Crippen LogP contribution in [0.2, 0.25) is 0 Å². The van der Waals surface area contributed by atoms with Crippen molar-refractivity contribution in [2.45, 2.75) is 329 Å². The largest absolute Gasteiger partial charge is 0.472 e. The first-order chi connectivity index (χ1) is 47.7. The van der Waals surface area contributed by atoms with E-state index in [1.165, 1.54) is 38.5 Å². The Hall–Kier alpha value is -4.28. The zero-order chi connectivity index (χ0) is 71.8. The van der Waals surface area contributed by atoms with Crippen LogP contribution in [0.3, 0.4) is 0 Å². The average Bonchev–Trinajstić information content (AvgIpc) is 0.985. The van der Waals surface area contributed by atoms with Crippen molar-refractivity contribution in [3.8, 4) is 0 Å². The monoisotopic (exact) mass is 1420 g/mol. The molecule has 17 nitrogen and oxygen atoms in total. The van der Waals surface area contributed by atoms with E-state index in [-0.39, 0.29) is 25.7 Å². The molecule has 5 unspecified atom stereocenters. The highest BCUT2D eigenvalue weighted by molar-refractivity contribution is 7.47. The molecule has 0 aromatic heterocycles. The number of rotatable bonds is 71. The van der Waals surface area contributed by atoms with Crippen LogP contribution in [0, 0.1) is 0 Å². The third kappa shape index (κ3) is 70.2. The summed E-state index contributed by atoms with van der Waals surface area (Å²) in [5, 5.41) is 10.6. The summed E-state index contributed by atoms with van der Waals surface area (Å²) >= 11 is 0. The molecule has 0 aliphatic heterocycles. The van der Waals surface area contributed by atoms with Gasteiger partial charge in [0.2, 0.25) is 0 Å². The Balaban J connectivity index is 5.33. The van der Waals surface area contributed by atoms with Crippen molar-refractivity contribution in [2.24, 2.45) is 0 Å².